The third kappa shape index (κ3) is 2.80. The molecule has 2 aromatic carbocycles. The van der Waals surface area contributed by atoms with Crippen LogP contribution < -0.4 is 11.3 Å². The lowest BCUT2D eigenvalue weighted by molar-refractivity contribution is 0.633. The summed E-state index contributed by atoms with van der Waals surface area (Å²) in [5, 5.41) is 0. The highest BCUT2D eigenvalue weighted by Crippen LogP contribution is 2.26. The average Bonchev–Trinajstić information content (AvgIpc) is 2.35. The Hall–Kier alpha value is -1.16. The number of benzene rings is 2. The fourth-order valence-corrected chi connectivity index (χ4v) is 2.43. The van der Waals surface area contributed by atoms with Gasteiger partial charge in [-0.2, -0.15) is 0 Å². The molecule has 0 aliphatic carbocycles. The van der Waals surface area contributed by atoms with Crippen LogP contribution in [0.25, 0.3) is 0 Å². The van der Waals surface area contributed by atoms with Gasteiger partial charge in [-0.3, -0.25) is 5.84 Å². The van der Waals surface area contributed by atoms with E-state index in [1.54, 1.807) is 0 Å². The van der Waals surface area contributed by atoms with Gasteiger partial charge in [0.05, 0.1) is 6.04 Å². The average molecular weight is 305 g/mol. The Morgan fingerprint density at radius 1 is 1.06 bits per heavy atom. The van der Waals surface area contributed by atoms with Gasteiger partial charge < -0.3 is 0 Å². The van der Waals surface area contributed by atoms with Crippen LogP contribution in [0.2, 0.25) is 0 Å². The third-order valence-corrected chi connectivity index (χ3v) is 3.63. The first kappa shape index (κ1) is 13.3. The van der Waals surface area contributed by atoms with Gasteiger partial charge in [0.15, 0.2) is 0 Å². The first-order valence-corrected chi connectivity index (χ1v) is 6.70. The molecule has 2 rings (SSSR count). The van der Waals surface area contributed by atoms with Crippen molar-refractivity contribution in [2.45, 2.75) is 19.9 Å². The molecular formula is C15H17BrN2. The molecule has 0 aliphatic heterocycles. The topological polar surface area (TPSA) is 38.0 Å². The zero-order chi connectivity index (χ0) is 13.1. The highest BCUT2D eigenvalue weighted by molar-refractivity contribution is 9.10. The summed E-state index contributed by atoms with van der Waals surface area (Å²) in [7, 11) is 0. The van der Waals surface area contributed by atoms with Crippen molar-refractivity contribution in [1.82, 2.24) is 5.43 Å². The Morgan fingerprint density at radius 2 is 1.72 bits per heavy atom. The number of halogens is 1. The highest BCUT2D eigenvalue weighted by Gasteiger charge is 2.14. The number of hydrogen-bond donors (Lipinski definition) is 2. The Bertz CT molecular complexity index is 535. The molecule has 0 spiro atoms. The van der Waals surface area contributed by atoms with Crippen molar-refractivity contribution in [3.05, 3.63) is 69.2 Å². The first-order chi connectivity index (χ1) is 8.61. The summed E-state index contributed by atoms with van der Waals surface area (Å²) in [5.41, 5.74) is 7.79. The molecule has 0 bridgehead atoms. The van der Waals surface area contributed by atoms with Crippen molar-refractivity contribution in [2.24, 2.45) is 5.84 Å². The smallest absolute Gasteiger partial charge is 0.0712 e. The van der Waals surface area contributed by atoms with Gasteiger partial charge in [0.25, 0.3) is 0 Å². The van der Waals surface area contributed by atoms with Gasteiger partial charge in [-0.25, -0.2) is 5.43 Å². The van der Waals surface area contributed by atoms with Crippen molar-refractivity contribution in [3.63, 3.8) is 0 Å². The molecule has 2 aromatic rings. The minimum Gasteiger partial charge on any atom is -0.271 e. The molecule has 2 nitrogen and oxygen atoms in total. The predicted octanol–water partition coefficient (Wildman–Crippen LogP) is 3.62. The van der Waals surface area contributed by atoms with E-state index in [4.69, 9.17) is 5.84 Å². The highest BCUT2D eigenvalue weighted by atomic mass is 79.9. The van der Waals surface area contributed by atoms with Crippen LogP contribution in [0.3, 0.4) is 0 Å². The molecule has 0 saturated heterocycles. The normalized spacial score (nSPS) is 12.4. The minimum atomic E-state index is 0.0266. The largest absolute Gasteiger partial charge is 0.271 e. The molecule has 18 heavy (non-hydrogen) atoms. The van der Waals surface area contributed by atoms with E-state index in [0.29, 0.717) is 0 Å². The molecular weight excluding hydrogens is 288 g/mol. The van der Waals surface area contributed by atoms with Gasteiger partial charge in [-0.1, -0.05) is 51.8 Å². The van der Waals surface area contributed by atoms with Gasteiger partial charge in [0.2, 0.25) is 0 Å². The summed E-state index contributed by atoms with van der Waals surface area (Å²) in [6.45, 7) is 4.22. The Kier molecular flexibility index (Phi) is 4.17. The molecule has 0 saturated carbocycles. The number of rotatable bonds is 3. The molecule has 0 radical (unpaired) electrons. The molecule has 94 valence electrons. The van der Waals surface area contributed by atoms with Gasteiger partial charge in [0.1, 0.15) is 0 Å². The molecule has 1 unspecified atom stereocenters. The molecule has 0 aromatic heterocycles. The van der Waals surface area contributed by atoms with E-state index < -0.39 is 0 Å². The second kappa shape index (κ2) is 5.65. The summed E-state index contributed by atoms with van der Waals surface area (Å²) in [5.74, 6) is 5.72. The summed E-state index contributed by atoms with van der Waals surface area (Å²) in [6.07, 6.45) is 0. The summed E-state index contributed by atoms with van der Waals surface area (Å²) in [6, 6.07) is 14.7. The number of nitrogens with two attached hydrogens (primary N) is 1. The van der Waals surface area contributed by atoms with Crippen molar-refractivity contribution < 1.29 is 0 Å². The monoisotopic (exact) mass is 304 g/mol. The quantitative estimate of drug-likeness (QED) is 0.671. The van der Waals surface area contributed by atoms with E-state index in [2.05, 4.69) is 65.5 Å². The lowest BCUT2D eigenvalue weighted by Crippen LogP contribution is -2.29. The predicted molar refractivity (Wildman–Crippen MR) is 79.2 cm³/mol. The number of hydrazine groups is 1. The number of aryl methyl sites for hydroxylation is 2. The van der Waals surface area contributed by atoms with E-state index in [9.17, 15) is 0 Å². The molecule has 0 fully saturated rings. The van der Waals surface area contributed by atoms with Crippen molar-refractivity contribution in [2.75, 3.05) is 0 Å². The molecule has 0 amide bonds. The van der Waals surface area contributed by atoms with Gasteiger partial charge in [0, 0.05) is 4.47 Å². The molecule has 1 atom stereocenters. The standard InChI is InChI=1S/C15H17BrN2/c1-10-3-8-14(11(2)9-10)15(18-17)12-4-6-13(16)7-5-12/h3-9,15,18H,17H2,1-2H3. The van der Waals surface area contributed by atoms with E-state index in [1.807, 2.05) is 12.1 Å². The van der Waals surface area contributed by atoms with Crippen LogP contribution in [-0.2, 0) is 0 Å². The molecule has 3 N–H and O–H groups in total. The van der Waals surface area contributed by atoms with Crippen LogP contribution in [-0.4, -0.2) is 0 Å². The lowest BCUT2D eigenvalue weighted by Gasteiger charge is -2.19. The summed E-state index contributed by atoms with van der Waals surface area (Å²) >= 11 is 3.45. The van der Waals surface area contributed by atoms with Crippen molar-refractivity contribution in [3.8, 4) is 0 Å². The molecule has 0 heterocycles. The molecule has 3 heteroatoms. The Labute approximate surface area is 116 Å². The van der Waals surface area contributed by atoms with Crippen LogP contribution >= 0.6 is 15.9 Å². The molecule has 0 aliphatic rings. The Morgan fingerprint density at radius 3 is 2.28 bits per heavy atom. The number of hydrogen-bond acceptors (Lipinski definition) is 2. The van der Waals surface area contributed by atoms with Crippen LogP contribution in [0.5, 0.6) is 0 Å². The fourth-order valence-electron chi connectivity index (χ4n) is 2.17. The van der Waals surface area contributed by atoms with Crippen molar-refractivity contribution >= 4 is 15.9 Å². The second-order valence-electron chi connectivity index (χ2n) is 4.51. The van der Waals surface area contributed by atoms with Gasteiger partial charge >= 0.3 is 0 Å². The zero-order valence-corrected chi connectivity index (χ0v) is 12.2. The first-order valence-electron chi connectivity index (χ1n) is 5.90. The van der Waals surface area contributed by atoms with Crippen LogP contribution in [0, 0.1) is 13.8 Å². The van der Waals surface area contributed by atoms with E-state index in [0.717, 1.165) is 10.0 Å². The fraction of sp³-hybridized carbons (Fsp3) is 0.200. The number of nitrogens with one attached hydrogen (secondary N) is 1. The van der Waals surface area contributed by atoms with Crippen molar-refractivity contribution in [1.29, 1.82) is 0 Å². The summed E-state index contributed by atoms with van der Waals surface area (Å²) in [4.78, 5) is 0. The second-order valence-corrected chi connectivity index (χ2v) is 5.43. The van der Waals surface area contributed by atoms with E-state index >= 15 is 0 Å². The van der Waals surface area contributed by atoms with Gasteiger partial charge in [-0.05, 0) is 42.7 Å². The SMILES string of the molecule is Cc1ccc(C(NN)c2ccc(Br)cc2)c(C)c1. The summed E-state index contributed by atoms with van der Waals surface area (Å²) < 4.78 is 1.07. The van der Waals surface area contributed by atoms with Crippen LogP contribution in [0.15, 0.2) is 46.9 Å². The minimum absolute atomic E-state index is 0.0266. The zero-order valence-electron chi connectivity index (χ0n) is 10.6. The maximum Gasteiger partial charge on any atom is 0.0712 e. The maximum atomic E-state index is 5.72. The van der Waals surface area contributed by atoms with Crippen LogP contribution in [0.1, 0.15) is 28.3 Å². The van der Waals surface area contributed by atoms with E-state index in [-0.39, 0.29) is 6.04 Å². The third-order valence-electron chi connectivity index (χ3n) is 3.11. The Balaban J connectivity index is 2.41. The van der Waals surface area contributed by atoms with Crippen LogP contribution in [0.4, 0.5) is 0 Å². The van der Waals surface area contributed by atoms with E-state index in [1.165, 1.54) is 16.7 Å². The van der Waals surface area contributed by atoms with Gasteiger partial charge in [-0.15, -0.1) is 0 Å². The lowest BCUT2D eigenvalue weighted by atomic mass is 9.94. The maximum absolute atomic E-state index is 5.72.